The van der Waals surface area contributed by atoms with Crippen molar-refractivity contribution >= 4 is 0 Å². The van der Waals surface area contributed by atoms with Crippen molar-refractivity contribution in [3.05, 3.63) is 35.1 Å². The van der Waals surface area contributed by atoms with Gasteiger partial charge in [-0.3, -0.25) is 0 Å². The number of aliphatic hydroxyl groups is 1. The number of likely N-dealkylation sites (tertiary alicyclic amines) is 1. The van der Waals surface area contributed by atoms with Crippen molar-refractivity contribution in [3.63, 3.8) is 0 Å². The van der Waals surface area contributed by atoms with E-state index in [2.05, 4.69) is 18.7 Å². The highest BCUT2D eigenvalue weighted by atomic mass is 19.1. The normalized spacial score (nSPS) is 25.6. The lowest BCUT2D eigenvalue weighted by atomic mass is 9.84. The molecule has 1 unspecified atom stereocenters. The third-order valence-electron chi connectivity index (χ3n) is 4.27. The predicted molar refractivity (Wildman–Crippen MR) is 75.6 cm³/mol. The summed E-state index contributed by atoms with van der Waals surface area (Å²) in [5.41, 5.74) is 0.932. The van der Waals surface area contributed by atoms with Crippen LogP contribution in [0.1, 0.15) is 44.2 Å². The van der Waals surface area contributed by atoms with Crippen LogP contribution in [0.2, 0.25) is 0 Å². The molecule has 1 aromatic carbocycles. The summed E-state index contributed by atoms with van der Waals surface area (Å²) in [4.78, 5) is 2.40. The molecule has 0 bridgehead atoms. The Labute approximate surface area is 115 Å². The Hall–Kier alpha value is -0.930. The maximum atomic E-state index is 13.2. The van der Waals surface area contributed by atoms with Crippen LogP contribution >= 0.6 is 0 Å². The van der Waals surface area contributed by atoms with Crippen LogP contribution in [0, 0.1) is 12.7 Å². The van der Waals surface area contributed by atoms with Crippen LogP contribution in [0.5, 0.6) is 0 Å². The quantitative estimate of drug-likeness (QED) is 0.887. The molecule has 2 nitrogen and oxygen atoms in total. The summed E-state index contributed by atoms with van der Waals surface area (Å²) in [6, 6.07) is 5.22. The molecular weight excluding hydrogens is 241 g/mol. The number of benzene rings is 1. The Morgan fingerprint density at radius 1 is 1.26 bits per heavy atom. The van der Waals surface area contributed by atoms with Crippen molar-refractivity contribution in [3.8, 4) is 0 Å². The molecule has 2 rings (SSSR count). The molecule has 19 heavy (non-hydrogen) atoms. The minimum atomic E-state index is -0.804. The standard InChI is InChI=1S/C16H24FNO/c1-12(2)18-9-4-7-16(19,8-10-18)15-6-5-14(17)11-13(15)3/h5-6,11-12,19H,4,7-10H2,1-3H3. The highest BCUT2D eigenvalue weighted by Crippen LogP contribution is 2.35. The van der Waals surface area contributed by atoms with Crippen LogP contribution in [0.25, 0.3) is 0 Å². The van der Waals surface area contributed by atoms with Crippen molar-refractivity contribution in [1.29, 1.82) is 0 Å². The third kappa shape index (κ3) is 3.15. The highest BCUT2D eigenvalue weighted by molar-refractivity contribution is 5.32. The van der Waals surface area contributed by atoms with Gasteiger partial charge in [0.15, 0.2) is 0 Å². The zero-order valence-electron chi connectivity index (χ0n) is 12.1. The molecule has 1 aromatic rings. The molecule has 1 saturated heterocycles. The lowest BCUT2D eigenvalue weighted by molar-refractivity contribution is 0.0197. The van der Waals surface area contributed by atoms with Gasteiger partial charge in [0.2, 0.25) is 0 Å². The van der Waals surface area contributed by atoms with Crippen LogP contribution in [0.4, 0.5) is 4.39 Å². The zero-order chi connectivity index (χ0) is 14.0. The number of rotatable bonds is 2. The Kier molecular flexibility index (Phi) is 4.26. The van der Waals surface area contributed by atoms with Gasteiger partial charge in [-0.15, -0.1) is 0 Å². The van der Waals surface area contributed by atoms with Gasteiger partial charge in [0, 0.05) is 12.6 Å². The minimum absolute atomic E-state index is 0.234. The molecule has 106 valence electrons. The first-order valence-corrected chi connectivity index (χ1v) is 7.15. The number of hydrogen-bond donors (Lipinski definition) is 1. The van der Waals surface area contributed by atoms with Crippen LogP contribution in [0.3, 0.4) is 0 Å². The summed E-state index contributed by atoms with van der Waals surface area (Å²) in [7, 11) is 0. The fourth-order valence-electron chi connectivity index (χ4n) is 3.07. The van der Waals surface area contributed by atoms with Crippen LogP contribution in [0.15, 0.2) is 18.2 Å². The zero-order valence-corrected chi connectivity index (χ0v) is 12.1. The molecule has 0 aliphatic carbocycles. The number of halogens is 1. The third-order valence-corrected chi connectivity index (χ3v) is 4.27. The lowest BCUT2D eigenvalue weighted by Gasteiger charge is -2.30. The molecule has 0 spiro atoms. The second-order valence-electron chi connectivity index (χ2n) is 5.97. The van der Waals surface area contributed by atoms with Crippen LogP contribution < -0.4 is 0 Å². The Morgan fingerprint density at radius 3 is 2.63 bits per heavy atom. The maximum absolute atomic E-state index is 13.2. The maximum Gasteiger partial charge on any atom is 0.123 e. The van der Waals surface area contributed by atoms with E-state index in [1.807, 2.05) is 6.92 Å². The van der Waals surface area contributed by atoms with E-state index in [-0.39, 0.29) is 5.82 Å². The van der Waals surface area contributed by atoms with Gasteiger partial charge in [-0.05, 0) is 69.8 Å². The van der Waals surface area contributed by atoms with Crippen LogP contribution in [-0.4, -0.2) is 29.1 Å². The van der Waals surface area contributed by atoms with E-state index in [1.54, 1.807) is 6.07 Å². The van der Waals surface area contributed by atoms with E-state index in [0.717, 1.165) is 43.5 Å². The summed E-state index contributed by atoms with van der Waals surface area (Å²) >= 11 is 0. The molecule has 1 atom stereocenters. The number of nitrogens with zero attached hydrogens (tertiary/aromatic N) is 1. The van der Waals surface area contributed by atoms with Crippen molar-refractivity contribution in [2.45, 2.75) is 51.7 Å². The van der Waals surface area contributed by atoms with Crippen molar-refractivity contribution in [2.24, 2.45) is 0 Å². The van der Waals surface area contributed by atoms with Gasteiger partial charge in [-0.2, -0.15) is 0 Å². The molecule has 3 heteroatoms. The largest absolute Gasteiger partial charge is 0.385 e. The van der Waals surface area contributed by atoms with Gasteiger partial charge in [-0.1, -0.05) is 6.07 Å². The topological polar surface area (TPSA) is 23.5 Å². The average molecular weight is 265 g/mol. The fraction of sp³-hybridized carbons (Fsp3) is 0.625. The van der Waals surface area contributed by atoms with Gasteiger partial charge in [-0.25, -0.2) is 4.39 Å². The van der Waals surface area contributed by atoms with Crippen molar-refractivity contribution in [2.75, 3.05) is 13.1 Å². The van der Waals surface area contributed by atoms with E-state index in [4.69, 9.17) is 0 Å². The molecule has 0 saturated carbocycles. The van der Waals surface area contributed by atoms with Gasteiger partial charge in [0.1, 0.15) is 5.82 Å². The fourth-order valence-corrected chi connectivity index (χ4v) is 3.07. The molecule has 0 amide bonds. The van der Waals surface area contributed by atoms with Crippen LogP contribution in [-0.2, 0) is 5.60 Å². The first-order valence-electron chi connectivity index (χ1n) is 7.15. The van der Waals surface area contributed by atoms with E-state index in [1.165, 1.54) is 12.1 Å². The van der Waals surface area contributed by atoms with E-state index >= 15 is 0 Å². The average Bonchev–Trinajstić information content (AvgIpc) is 2.51. The summed E-state index contributed by atoms with van der Waals surface area (Å²) in [5, 5.41) is 10.9. The molecule has 1 fully saturated rings. The van der Waals surface area contributed by atoms with Gasteiger partial charge in [0.05, 0.1) is 5.60 Å². The van der Waals surface area contributed by atoms with Gasteiger partial charge < -0.3 is 10.0 Å². The number of hydrogen-bond acceptors (Lipinski definition) is 2. The number of aryl methyl sites for hydroxylation is 1. The summed E-state index contributed by atoms with van der Waals surface area (Å²) in [6.07, 6.45) is 2.45. The van der Waals surface area contributed by atoms with E-state index in [0.29, 0.717) is 6.04 Å². The Bertz CT molecular complexity index is 446. The second-order valence-corrected chi connectivity index (χ2v) is 5.97. The first kappa shape index (κ1) is 14.5. The SMILES string of the molecule is Cc1cc(F)ccc1C1(O)CCCN(C(C)C)CC1. The summed E-state index contributed by atoms with van der Waals surface area (Å²) < 4.78 is 13.2. The molecule has 1 aliphatic heterocycles. The monoisotopic (exact) mass is 265 g/mol. The molecule has 0 radical (unpaired) electrons. The van der Waals surface area contributed by atoms with Gasteiger partial charge >= 0.3 is 0 Å². The Morgan fingerprint density at radius 2 is 2.00 bits per heavy atom. The summed E-state index contributed by atoms with van der Waals surface area (Å²) in [5.74, 6) is -0.234. The summed E-state index contributed by atoms with van der Waals surface area (Å²) in [6.45, 7) is 8.17. The molecule has 0 aromatic heterocycles. The second kappa shape index (κ2) is 5.59. The highest BCUT2D eigenvalue weighted by Gasteiger charge is 2.33. The molecule has 1 aliphatic rings. The predicted octanol–water partition coefficient (Wildman–Crippen LogP) is 3.22. The molecular formula is C16H24FNO. The van der Waals surface area contributed by atoms with Crippen molar-refractivity contribution in [1.82, 2.24) is 4.90 Å². The molecule has 1 N–H and O–H groups in total. The van der Waals surface area contributed by atoms with E-state index in [9.17, 15) is 9.50 Å². The van der Waals surface area contributed by atoms with Gasteiger partial charge in [0.25, 0.3) is 0 Å². The lowest BCUT2D eigenvalue weighted by Crippen LogP contribution is -2.33. The minimum Gasteiger partial charge on any atom is -0.385 e. The van der Waals surface area contributed by atoms with Crippen molar-refractivity contribution < 1.29 is 9.50 Å². The Balaban J connectivity index is 2.22. The molecule has 1 heterocycles. The van der Waals surface area contributed by atoms with E-state index < -0.39 is 5.60 Å². The smallest absolute Gasteiger partial charge is 0.123 e. The first-order chi connectivity index (χ1) is 8.92.